The fourth-order valence-electron chi connectivity index (χ4n) is 2.51. The molecule has 0 atom stereocenters. The Bertz CT molecular complexity index is 676. The molecule has 1 aliphatic heterocycles. The number of hydrogen-bond acceptors (Lipinski definition) is 2. The van der Waals surface area contributed by atoms with Crippen LogP contribution in [0.15, 0.2) is 11.3 Å². The molecular weight excluding hydrogens is 523 g/mol. The minimum Gasteiger partial charge on any atom is -0.488 e. The standard InChI is InChI=1S/C14H9F17O2/c1-7(2-32-3-7)4-33-6(10(17,18)19)5(8(15,11(20,21)22)12(23,24)25)9(16,13(26,27)28)14(29,30)31/h2-4H2,1H3. The zero-order valence-corrected chi connectivity index (χ0v) is 15.4. The van der Waals surface area contributed by atoms with Crippen LogP contribution in [0.4, 0.5) is 74.6 Å². The van der Waals surface area contributed by atoms with Crippen LogP contribution in [-0.4, -0.2) is 62.0 Å². The average Bonchev–Trinajstić information content (AvgIpc) is 2.50. The molecular formula is C14H9F17O2. The van der Waals surface area contributed by atoms with Crippen LogP contribution in [0.1, 0.15) is 6.92 Å². The lowest BCUT2D eigenvalue weighted by molar-refractivity contribution is -0.366. The number of hydrogen-bond donors (Lipinski definition) is 0. The molecule has 0 aliphatic carbocycles. The van der Waals surface area contributed by atoms with E-state index in [-0.39, 0.29) is 0 Å². The van der Waals surface area contributed by atoms with E-state index >= 15 is 0 Å². The van der Waals surface area contributed by atoms with Crippen molar-refractivity contribution in [3.63, 3.8) is 0 Å². The van der Waals surface area contributed by atoms with Gasteiger partial charge in [-0.3, -0.25) is 0 Å². The van der Waals surface area contributed by atoms with Gasteiger partial charge in [-0.25, -0.2) is 8.78 Å². The highest BCUT2D eigenvalue weighted by atomic mass is 19.4. The number of allylic oxidation sites excluding steroid dienone is 2. The SMILES string of the molecule is CC1(COC(=C(C(F)(C(F)(F)F)C(F)(F)F)C(F)(C(F)(F)F)C(F)(F)F)C(F)(F)F)COC1. The molecule has 0 spiro atoms. The summed E-state index contributed by atoms with van der Waals surface area (Å²) in [7, 11) is 0. The summed E-state index contributed by atoms with van der Waals surface area (Å²) >= 11 is 0. The van der Waals surface area contributed by atoms with E-state index in [2.05, 4.69) is 9.47 Å². The molecule has 2 nitrogen and oxygen atoms in total. The third-order valence-electron chi connectivity index (χ3n) is 4.20. The zero-order chi connectivity index (χ0) is 26.7. The van der Waals surface area contributed by atoms with Gasteiger partial charge in [0.2, 0.25) is 5.76 Å². The first-order chi connectivity index (χ1) is 14.2. The summed E-state index contributed by atoms with van der Waals surface area (Å²) in [6, 6.07) is 0. The lowest BCUT2D eigenvalue weighted by Crippen LogP contribution is -2.66. The van der Waals surface area contributed by atoms with Gasteiger partial charge in [-0.1, -0.05) is 6.92 Å². The van der Waals surface area contributed by atoms with Gasteiger partial charge in [0.15, 0.2) is 0 Å². The maximum atomic E-state index is 14.4. The van der Waals surface area contributed by atoms with Crippen molar-refractivity contribution in [1.29, 1.82) is 0 Å². The highest BCUT2D eigenvalue weighted by molar-refractivity contribution is 5.40. The van der Waals surface area contributed by atoms with Crippen molar-refractivity contribution in [2.75, 3.05) is 19.8 Å². The van der Waals surface area contributed by atoms with E-state index < -0.39 is 78.8 Å². The van der Waals surface area contributed by atoms with Crippen LogP contribution in [0.5, 0.6) is 0 Å². The van der Waals surface area contributed by atoms with E-state index in [0.717, 1.165) is 6.92 Å². The fraction of sp³-hybridized carbons (Fsp3) is 0.857. The molecule has 1 saturated heterocycles. The summed E-state index contributed by atoms with van der Waals surface area (Å²) < 4.78 is 232. The molecule has 0 aromatic carbocycles. The van der Waals surface area contributed by atoms with Crippen LogP contribution in [0, 0.1) is 5.41 Å². The summed E-state index contributed by atoms with van der Waals surface area (Å²) in [5.74, 6) is -4.44. The second-order valence-corrected chi connectivity index (χ2v) is 7.10. The lowest BCUT2D eigenvalue weighted by Gasteiger charge is -2.42. The average molecular weight is 532 g/mol. The fourth-order valence-corrected chi connectivity index (χ4v) is 2.51. The molecule has 0 aromatic rings. The first-order valence-electron chi connectivity index (χ1n) is 7.84. The first-order valence-corrected chi connectivity index (χ1v) is 7.84. The van der Waals surface area contributed by atoms with Crippen LogP contribution in [0.2, 0.25) is 0 Å². The Labute approximate surface area is 171 Å². The topological polar surface area (TPSA) is 18.5 Å². The Kier molecular flexibility index (Phi) is 7.05. The van der Waals surface area contributed by atoms with E-state index in [1.807, 2.05) is 0 Å². The van der Waals surface area contributed by atoms with Gasteiger partial charge in [-0.05, 0) is 0 Å². The van der Waals surface area contributed by atoms with Gasteiger partial charge in [0.1, 0.15) is 0 Å². The molecule has 0 N–H and O–H groups in total. The van der Waals surface area contributed by atoms with Gasteiger partial charge in [0.25, 0.3) is 0 Å². The summed E-state index contributed by atoms with van der Waals surface area (Å²) in [5.41, 5.74) is -23.5. The van der Waals surface area contributed by atoms with Gasteiger partial charge in [0, 0.05) is 5.41 Å². The van der Waals surface area contributed by atoms with E-state index in [9.17, 15) is 74.6 Å². The minimum absolute atomic E-state index is 0.661. The van der Waals surface area contributed by atoms with E-state index in [1.165, 1.54) is 0 Å². The maximum Gasteiger partial charge on any atom is 0.449 e. The molecule has 0 bridgehead atoms. The molecule has 0 aromatic heterocycles. The Balaban J connectivity index is 4.28. The first kappa shape index (κ1) is 29.3. The Hall–Kier alpha value is -1.69. The summed E-state index contributed by atoms with van der Waals surface area (Å²) in [6.45, 7) is -2.29. The molecule has 196 valence electrons. The molecule has 0 saturated carbocycles. The van der Waals surface area contributed by atoms with E-state index in [4.69, 9.17) is 0 Å². The predicted molar refractivity (Wildman–Crippen MR) is 69.9 cm³/mol. The largest absolute Gasteiger partial charge is 0.488 e. The monoisotopic (exact) mass is 532 g/mol. The molecule has 1 aliphatic rings. The Morgan fingerprint density at radius 3 is 1.12 bits per heavy atom. The quantitative estimate of drug-likeness (QED) is 0.297. The molecule has 1 heterocycles. The van der Waals surface area contributed by atoms with Gasteiger partial charge in [-0.2, -0.15) is 65.9 Å². The number of ether oxygens (including phenoxy) is 2. The second-order valence-electron chi connectivity index (χ2n) is 7.10. The van der Waals surface area contributed by atoms with Crippen LogP contribution in [-0.2, 0) is 9.47 Å². The Morgan fingerprint density at radius 1 is 0.636 bits per heavy atom. The van der Waals surface area contributed by atoms with Gasteiger partial charge < -0.3 is 9.47 Å². The maximum absolute atomic E-state index is 14.4. The van der Waals surface area contributed by atoms with Crippen molar-refractivity contribution in [2.24, 2.45) is 5.41 Å². The van der Waals surface area contributed by atoms with E-state index in [1.54, 1.807) is 0 Å². The molecule has 0 amide bonds. The normalized spacial score (nSPS) is 18.6. The van der Waals surface area contributed by atoms with Crippen molar-refractivity contribution in [3.05, 3.63) is 11.3 Å². The van der Waals surface area contributed by atoms with E-state index in [0.29, 0.717) is 0 Å². The lowest BCUT2D eigenvalue weighted by atomic mass is 9.79. The second kappa shape index (κ2) is 7.93. The molecule has 33 heavy (non-hydrogen) atoms. The van der Waals surface area contributed by atoms with Crippen LogP contribution < -0.4 is 0 Å². The highest BCUT2D eigenvalue weighted by Gasteiger charge is 2.88. The van der Waals surface area contributed by atoms with Gasteiger partial charge >= 0.3 is 42.2 Å². The van der Waals surface area contributed by atoms with Crippen LogP contribution >= 0.6 is 0 Å². The minimum atomic E-state index is -8.15. The van der Waals surface area contributed by atoms with Gasteiger partial charge in [0.05, 0.1) is 25.4 Å². The molecule has 1 fully saturated rings. The van der Waals surface area contributed by atoms with Crippen LogP contribution in [0.25, 0.3) is 0 Å². The summed E-state index contributed by atoms with van der Waals surface area (Å²) in [6.07, 6.45) is -39.1. The third-order valence-corrected chi connectivity index (χ3v) is 4.20. The molecule has 19 heteroatoms. The molecule has 1 rings (SSSR count). The summed E-state index contributed by atoms with van der Waals surface area (Å²) in [4.78, 5) is 0. The smallest absolute Gasteiger partial charge is 0.449 e. The number of rotatable bonds is 5. The van der Waals surface area contributed by atoms with Crippen LogP contribution in [0.3, 0.4) is 0 Å². The Morgan fingerprint density at radius 2 is 0.939 bits per heavy atom. The van der Waals surface area contributed by atoms with Crippen molar-refractivity contribution in [2.45, 2.75) is 49.1 Å². The third kappa shape index (κ3) is 4.91. The molecule has 0 radical (unpaired) electrons. The number of alkyl halides is 17. The molecule has 0 unspecified atom stereocenters. The van der Waals surface area contributed by atoms with Crippen molar-refractivity contribution >= 4 is 0 Å². The zero-order valence-electron chi connectivity index (χ0n) is 15.4. The predicted octanol–water partition coefficient (Wildman–Crippen LogP) is 6.52. The van der Waals surface area contributed by atoms with Crippen molar-refractivity contribution in [1.82, 2.24) is 0 Å². The van der Waals surface area contributed by atoms with Gasteiger partial charge in [-0.15, -0.1) is 0 Å². The van der Waals surface area contributed by atoms with Crippen molar-refractivity contribution < 1.29 is 84.1 Å². The highest BCUT2D eigenvalue weighted by Crippen LogP contribution is 2.63. The summed E-state index contributed by atoms with van der Waals surface area (Å²) in [5, 5.41) is 0. The van der Waals surface area contributed by atoms with Crippen molar-refractivity contribution in [3.8, 4) is 0 Å². The number of halogens is 17.